The summed E-state index contributed by atoms with van der Waals surface area (Å²) in [4.78, 5) is 16.1. The molecule has 2 heterocycles. The van der Waals surface area contributed by atoms with Crippen LogP contribution in [0.3, 0.4) is 0 Å². The zero-order valence-corrected chi connectivity index (χ0v) is 10.3. The topological polar surface area (TPSA) is 82.7 Å². The Bertz CT molecular complexity index is 394. The fourth-order valence-electron chi connectivity index (χ4n) is 2.00. The van der Waals surface area contributed by atoms with Crippen LogP contribution >= 0.6 is 0 Å². The molecule has 0 bridgehead atoms. The van der Waals surface area contributed by atoms with Gasteiger partial charge in [-0.1, -0.05) is 6.92 Å². The van der Waals surface area contributed by atoms with Gasteiger partial charge in [0.1, 0.15) is 5.82 Å². The molecule has 94 valence electrons. The summed E-state index contributed by atoms with van der Waals surface area (Å²) in [6.07, 6.45) is 2.74. The highest BCUT2D eigenvalue weighted by Gasteiger charge is 2.31. The molecule has 1 fully saturated rings. The van der Waals surface area contributed by atoms with Crippen LogP contribution in [0.15, 0.2) is 0 Å². The van der Waals surface area contributed by atoms with Crippen molar-refractivity contribution < 1.29 is 4.79 Å². The highest BCUT2D eigenvalue weighted by atomic mass is 16.2. The minimum absolute atomic E-state index is 0.178. The molecule has 0 radical (unpaired) electrons. The van der Waals surface area contributed by atoms with Crippen LogP contribution in [-0.2, 0) is 6.42 Å². The van der Waals surface area contributed by atoms with Gasteiger partial charge in [-0.25, -0.2) is 4.98 Å². The summed E-state index contributed by atoms with van der Waals surface area (Å²) in [5.41, 5.74) is -0.178. The molecule has 6 heteroatoms. The third-order valence-electron chi connectivity index (χ3n) is 3.01. The summed E-state index contributed by atoms with van der Waals surface area (Å²) < 4.78 is 0. The van der Waals surface area contributed by atoms with Crippen LogP contribution in [0.25, 0.3) is 0 Å². The maximum Gasteiger partial charge on any atom is 0.291 e. The van der Waals surface area contributed by atoms with E-state index in [4.69, 9.17) is 0 Å². The number of carbonyl (C=O) groups excluding carboxylic acids is 1. The van der Waals surface area contributed by atoms with Gasteiger partial charge in [0, 0.05) is 13.0 Å². The molecule has 2 rings (SSSR count). The lowest BCUT2D eigenvalue weighted by atomic mass is 10.0. The Hall–Kier alpha value is -1.43. The van der Waals surface area contributed by atoms with Crippen molar-refractivity contribution in [3.8, 4) is 0 Å². The normalized spacial score (nSPS) is 23.9. The van der Waals surface area contributed by atoms with E-state index in [2.05, 4.69) is 32.7 Å². The van der Waals surface area contributed by atoms with Gasteiger partial charge < -0.3 is 10.6 Å². The Kier molecular flexibility index (Phi) is 3.42. The Morgan fingerprint density at radius 1 is 1.59 bits per heavy atom. The third-order valence-corrected chi connectivity index (χ3v) is 3.01. The number of amides is 1. The Balaban J connectivity index is 1.98. The van der Waals surface area contributed by atoms with E-state index in [1.165, 1.54) is 0 Å². The van der Waals surface area contributed by atoms with E-state index in [0.717, 1.165) is 38.2 Å². The van der Waals surface area contributed by atoms with Crippen LogP contribution in [0.5, 0.6) is 0 Å². The van der Waals surface area contributed by atoms with E-state index < -0.39 is 0 Å². The van der Waals surface area contributed by atoms with Gasteiger partial charge in [0.2, 0.25) is 5.82 Å². The molecule has 1 saturated heterocycles. The maximum atomic E-state index is 11.9. The third kappa shape index (κ3) is 2.82. The predicted octanol–water partition coefficient (Wildman–Crippen LogP) is 0.239. The van der Waals surface area contributed by atoms with Crippen molar-refractivity contribution in [2.24, 2.45) is 0 Å². The average molecular weight is 237 g/mol. The first kappa shape index (κ1) is 12.0. The minimum atomic E-state index is -0.199. The molecule has 1 aliphatic rings. The Morgan fingerprint density at radius 2 is 2.41 bits per heavy atom. The van der Waals surface area contributed by atoms with Crippen LogP contribution in [-0.4, -0.2) is 39.7 Å². The number of nitrogens with one attached hydrogen (secondary N) is 3. The number of hydrogen-bond donors (Lipinski definition) is 3. The molecular formula is C11H19N5O. The van der Waals surface area contributed by atoms with E-state index in [1.54, 1.807) is 0 Å². The Morgan fingerprint density at radius 3 is 3.06 bits per heavy atom. The number of carbonyl (C=O) groups is 1. The van der Waals surface area contributed by atoms with Gasteiger partial charge in [0.15, 0.2) is 0 Å². The standard InChI is InChI=1S/C11H19N5O/c1-3-4-8-13-9(16-15-8)10(17)14-11(2)5-6-12-7-11/h12H,3-7H2,1-2H3,(H,14,17)(H,13,15,16). The number of aromatic amines is 1. The molecule has 1 atom stereocenters. The fourth-order valence-corrected chi connectivity index (χ4v) is 2.00. The van der Waals surface area contributed by atoms with E-state index >= 15 is 0 Å². The van der Waals surface area contributed by atoms with Crippen molar-refractivity contribution in [3.63, 3.8) is 0 Å². The highest BCUT2D eigenvalue weighted by molar-refractivity contribution is 5.90. The second-order valence-corrected chi connectivity index (χ2v) is 4.80. The molecule has 1 unspecified atom stereocenters. The van der Waals surface area contributed by atoms with Gasteiger partial charge in [-0.3, -0.25) is 9.89 Å². The van der Waals surface area contributed by atoms with Crippen molar-refractivity contribution in [3.05, 3.63) is 11.6 Å². The van der Waals surface area contributed by atoms with Crippen molar-refractivity contribution >= 4 is 5.91 Å². The van der Waals surface area contributed by atoms with Crippen LogP contribution in [0, 0.1) is 0 Å². The van der Waals surface area contributed by atoms with Crippen LogP contribution in [0.2, 0.25) is 0 Å². The van der Waals surface area contributed by atoms with Gasteiger partial charge in [-0.05, 0) is 26.3 Å². The van der Waals surface area contributed by atoms with Gasteiger partial charge >= 0.3 is 0 Å². The quantitative estimate of drug-likeness (QED) is 0.700. The zero-order valence-electron chi connectivity index (χ0n) is 10.3. The average Bonchev–Trinajstić information content (AvgIpc) is 2.88. The fraction of sp³-hybridized carbons (Fsp3) is 0.727. The highest BCUT2D eigenvalue weighted by Crippen LogP contribution is 2.13. The van der Waals surface area contributed by atoms with E-state index in [9.17, 15) is 4.79 Å². The van der Waals surface area contributed by atoms with Crippen molar-refractivity contribution in [1.82, 2.24) is 25.8 Å². The number of rotatable bonds is 4. The largest absolute Gasteiger partial charge is 0.343 e. The number of hydrogen-bond acceptors (Lipinski definition) is 4. The molecule has 0 aliphatic carbocycles. The van der Waals surface area contributed by atoms with Crippen molar-refractivity contribution in [2.45, 2.75) is 38.6 Å². The SMILES string of the molecule is CCCc1nc(C(=O)NC2(C)CCNC2)n[nH]1. The van der Waals surface area contributed by atoms with Crippen LogP contribution < -0.4 is 10.6 Å². The summed E-state index contributed by atoms with van der Waals surface area (Å²) in [5, 5.41) is 12.9. The molecule has 1 aromatic rings. The second kappa shape index (κ2) is 4.83. The summed E-state index contributed by atoms with van der Waals surface area (Å²) >= 11 is 0. The molecule has 0 spiro atoms. The summed E-state index contributed by atoms with van der Waals surface area (Å²) in [6.45, 7) is 5.83. The molecule has 1 aliphatic heterocycles. The number of aryl methyl sites for hydroxylation is 1. The monoisotopic (exact) mass is 237 g/mol. The van der Waals surface area contributed by atoms with Gasteiger partial charge in [-0.2, -0.15) is 0 Å². The van der Waals surface area contributed by atoms with Crippen molar-refractivity contribution in [2.75, 3.05) is 13.1 Å². The second-order valence-electron chi connectivity index (χ2n) is 4.80. The molecule has 1 aromatic heterocycles. The molecule has 0 aromatic carbocycles. The summed E-state index contributed by atoms with van der Waals surface area (Å²) in [6, 6.07) is 0. The lowest BCUT2D eigenvalue weighted by Crippen LogP contribution is -2.47. The molecule has 6 nitrogen and oxygen atoms in total. The zero-order chi connectivity index (χ0) is 12.3. The maximum absolute atomic E-state index is 11.9. The first-order chi connectivity index (χ1) is 8.13. The molecule has 0 saturated carbocycles. The smallest absolute Gasteiger partial charge is 0.291 e. The minimum Gasteiger partial charge on any atom is -0.343 e. The Labute approximate surface area is 101 Å². The predicted molar refractivity (Wildman–Crippen MR) is 63.7 cm³/mol. The molecule has 17 heavy (non-hydrogen) atoms. The van der Waals surface area contributed by atoms with E-state index in [-0.39, 0.29) is 17.3 Å². The van der Waals surface area contributed by atoms with Gasteiger partial charge in [-0.15, -0.1) is 5.10 Å². The van der Waals surface area contributed by atoms with Gasteiger partial charge in [0.05, 0.1) is 5.54 Å². The van der Waals surface area contributed by atoms with Crippen LogP contribution in [0.4, 0.5) is 0 Å². The summed E-state index contributed by atoms with van der Waals surface area (Å²) in [7, 11) is 0. The first-order valence-electron chi connectivity index (χ1n) is 6.07. The number of H-pyrrole nitrogens is 1. The lowest BCUT2D eigenvalue weighted by Gasteiger charge is -2.23. The van der Waals surface area contributed by atoms with E-state index in [0.29, 0.717) is 0 Å². The first-order valence-corrected chi connectivity index (χ1v) is 6.07. The van der Waals surface area contributed by atoms with Gasteiger partial charge in [0.25, 0.3) is 5.91 Å². The molecule has 3 N–H and O–H groups in total. The lowest BCUT2D eigenvalue weighted by molar-refractivity contribution is 0.0902. The molecular weight excluding hydrogens is 218 g/mol. The number of aromatic nitrogens is 3. The van der Waals surface area contributed by atoms with Crippen LogP contribution in [0.1, 0.15) is 43.1 Å². The summed E-state index contributed by atoms with van der Waals surface area (Å²) in [5.74, 6) is 0.809. The number of nitrogens with zero attached hydrogens (tertiary/aromatic N) is 2. The van der Waals surface area contributed by atoms with Crippen molar-refractivity contribution in [1.29, 1.82) is 0 Å². The van der Waals surface area contributed by atoms with E-state index in [1.807, 2.05) is 6.92 Å². The molecule has 1 amide bonds.